The summed E-state index contributed by atoms with van der Waals surface area (Å²) in [5.74, 6) is 1.44. The second-order valence-electron chi connectivity index (χ2n) is 6.81. The lowest BCUT2D eigenvalue weighted by molar-refractivity contribution is 0.317. The summed E-state index contributed by atoms with van der Waals surface area (Å²) < 4.78 is 5.60. The van der Waals surface area contributed by atoms with Crippen molar-refractivity contribution >= 4 is 22.7 Å². The molecule has 0 fully saturated rings. The minimum atomic E-state index is 0.572. The molecule has 1 aromatic carbocycles. The van der Waals surface area contributed by atoms with Crippen LogP contribution in [0, 0.1) is 6.92 Å². The Morgan fingerprint density at radius 2 is 1.82 bits per heavy atom. The Morgan fingerprint density at radius 1 is 1.04 bits per heavy atom. The molecule has 6 nitrogen and oxygen atoms in total. The van der Waals surface area contributed by atoms with E-state index in [1.165, 1.54) is 5.56 Å². The van der Waals surface area contributed by atoms with E-state index in [2.05, 4.69) is 45.2 Å². The van der Waals surface area contributed by atoms with E-state index in [0.29, 0.717) is 5.95 Å². The molecule has 2 N–H and O–H groups in total. The van der Waals surface area contributed by atoms with Crippen LogP contribution in [0.4, 0.5) is 11.6 Å². The SMILES string of the molecule is CCCOc1ccc(Nc2ncc(Cc3c[nH]c4ncc(C)cc34)cn2)cc1. The third-order valence-corrected chi connectivity index (χ3v) is 4.44. The molecule has 3 heterocycles. The van der Waals surface area contributed by atoms with Crippen molar-refractivity contribution in [2.24, 2.45) is 0 Å². The number of rotatable bonds is 7. The van der Waals surface area contributed by atoms with Gasteiger partial charge in [-0.05, 0) is 60.4 Å². The van der Waals surface area contributed by atoms with Crippen LogP contribution in [0.1, 0.15) is 30.0 Å². The number of aryl methyl sites for hydroxylation is 1. The Labute approximate surface area is 164 Å². The van der Waals surface area contributed by atoms with E-state index >= 15 is 0 Å². The first-order valence-electron chi connectivity index (χ1n) is 9.44. The van der Waals surface area contributed by atoms with Gasteiger partial charge in [-0.2, -0.15) is 0 Å². The molecule has 0 spiro atoms. The number of H-pyrrole nitrogens is 1. The second-order valence-corrected chi connectivity index (χ2v) is 6.81. The van der Waals surface area contributed by atoms with Crippen LogP contribution in [0.2, 0.25) is 0 Å². The Kier molecular flexibility index (Phi) is 5.19. The maximum atomic E-state index is 5.60. The number of aromatic amines is 1. The zero-order valence-electron chi connectivity index (χ0n) is 16.1. The van der Waals surface area contributed by atoms with E-state index in [9.17, 15) is 0 Å². The highest BCUT2D eigenvalue weighted by Crippen LogP contribution is 2.21. The van der Waals surface area contributed by atoms with Gasteiger partial charge in [0.15, 0.2) is 0 Å². The van der Waals surface area contributed by atoms with E-state index in [4.69, 9.17) is 4.74 Å². The minimum absolute atomic E-state index is 0.572. The standard InChI is InChI=1S/C22H23N5O/c1-3-8-28-19-6-4-18(5-7-19)27-22-25-12-16(13-26-22)10-17-14-24-21-20(17)9-15(2)11-23-21/h4-7,9,11-14H,3,8,10H2,1-2H3,(H,23,24)(H,25,26,27). The van der Waals surface area contributed by atoms with Crippen molar-refractivity contribution in [3.05, 3.63) is 71.8 Å². The summed E-state index contributed by atoms with van der Waals surface area (Å²) >= 11 is 0. The maximum Gasteiger partial charge on any atom is 0.227 e. The molecule has 28 heavy (non-hydrogen) atoms. The number of hydrogen-bond donors (Lipinski definition) is 2. The van der Waals surface area contributed by atoms with Gasteiger partial charge in [0.1, 0.15) is 11.4 Å². The highest BCUT2D eigenvalue weighted by molar-refractivity contribution is 5.80. The number of aromatic nitrogens is 4. The monoisotopic (exact) mass is 373 g/mol. The van der Waals surface area contributed by atoms with Crippen LogP contribution in [0.15, 0.2) is 55.1 Å². The van der Waals surface area contributed by atoms with Crippen molar-refractivity contribution in [3.63, 3.8) is 0 Å². The van der Waals surface area contributed by atoms with Gasteiger partial charge in [0.2, 0.25) is 5.95 Å². The molecule has 0 saturated heterocycles. The number of fused-ring (bicyclic) bond motifs is 1. The van der Waals surface area contributed by atoms with Gasteiger partial charge in [0.25, 0.3) is 0 Å². The molecule has 0 aliphatic heterocycles. The Hall–Kier alpha value is -3.41. The molecule has 0 atom stereocenters. The summed E-state index contributed by atoms with van der Waals surface area (Å²) in [4.78, 5) is 16.5. The lowest BCUT2D eigenvalue weighted by Crippen LogP contribution is -1.99. The Balaban J connectivity index is 1.42. The molecular formula is C22H23N5O. The highest BCUT2D eigenvalue weighted by atomic mass is 16.5. The van der Waals surface area contributed by atoms with E-state index in [1.54, 1.807) is 0 Å². The summed E-state index contributed by atoms with van der Waals surface area (Å²) in [6, 6.07) is 9.96. The molecule has 0 aliphatic carbocycles. The van der Waals surface area contributed by atoms with Gasteiger partial charge in [0, 0.05) is 42.3 Å². The van der Waals surface area contributed by atoms with Gasteiger partial charge in [0.05, 0.1) is 6.61 Å². The number of hydrogen-bond acceptors (Lipinski definition) is 5. The molecule has 0 radical (unpaired) electrons. The first-order chi connectivity index (χ1) is 13.7. The van der Waals surface area contributed by atoms with Gasteiger partial charge in [-0.25, -0.2) is 15.0 Å². The molecule has 4 aromatic rings. The second kappa shape index (κ2) is 8.08. The van der Waals surface area contributed by atoms with Crippen molar-refractivity contribution < 1.29 is 4.74 Å². The molecule has 0 bridgehead atoms. The van der Waals surface area contributed by atoms with Crippen LogP contribution < -0.4 is 10.1 Å². The normalized spacial score (nSPS) is 10.9. The highest BCUT2D eigenvalue weighted by Gasteiger charge is 2.07. The van der Waals surface area contributed by atoms with Crippen molar-refractivity contribution in [1.82, 2.24) is 19.9 Å². The fourth-order valence-corrected chi connectivity index (χ4v) is 3.02. The molecule has 142 valence electrons. The summed E-state index contributed by atoms with van der Waals surface area (Å²) in [7, 11) is 0. The van der Waals surface area contributed by atoms with E-state index in [1.807, 2.05) is 49.1 Å². The van der Waals surface area contributed by atoms with Crippen molar-refractivity contribution in [2.75, 3.05) is 11.9 Å². The number of nitrogens with one attached hydrogen (secondary N) is 2. The fourth-order valence-electron chi connectivity index (χ4n) is 3.02. The van der Waals surface area contributed by atoms with Crippen LogP contribution in [-0.2, 0) is 6.42 Å². The summed E-state index contributed by atoms with van der Waals surface area (Å²) in [6.45, 7) is 4.87. The van der Waals surface area contributed by atoms with E-state index in [-0.39, 0.29) is 0 Å². The maximum absolute atomic E-state index is 5.60. The molecule has 0 saturated carbocycles. The predicted molar refractivity (Wildman–Crippen MR) is 111 cm³/mol. The van der Waals surface area contributed by atoms with Gasteiger partial charge in [-0.15, -0.1) is 0 Å². The smallest absolute Gasteiger partial charge is 0.227 e. The quantitative estimate of drug-likeness (QED) is 0.487. The van der Waals surface area contributed by atoms with Gasteiger partial charge < -0.3 is 15.0 Å². The number of pyridine rings is 1. The van der Waals surface area contributed by atoms with Crippen LogP contribution in [0.25, 0.3) is 11.0 Å². The third-order valence-electron chi connectivity index (χ3n) is 4.44. The van der Waals surface area contributed by atoms with E-state index < -0.39 is 0 Å². The van der Waals surface area contributed by atoms with Crippen LogP contribution in [0.3, 0.4) is 0 Å². The molecule has 4 rings (SSSR count). The summed E-state index contributed by atoms with van der Waals surface area (Å²) in [5.41, 5.74) is 5.23. The zero-order valence-corrected chi connectivity index (χ0v) is 16.1. The van der Waals surface area contributed by atoms with Crippen LogP contribution >= 0.6 is 0 Å². The fraction of sp³-hybridized carbons (Fsp3) is 0.227. The largest absolute Gasteiger partial charge is 0.494 e. The number of anilines is 2. The molecule has 0 aliphatic rings. The molecular weight excluding hydrogens is 350 g/mol. The van der Waals surface area contributed by atoms with Gasteiger partial charge in [-0.1, -0.05) is 6.92 Å². The average Bonchev–Trinajstić information content (AvgIpc) is 3.11. The minimum Gasteiger partial charge on any atom is -0.494 e. The van der Waals surface area contributed by atoms with Crippen molar-refractivity contribution in [1.29, 1.82) is 0 Å². The zero-order chi connectivity index (χ0) is 19.3. The lowest BCUT2D eigenvalue weighted by Gasteiger charge is -2.08. The number of benzene rings is 1. The summed E-state index contributed by atoms with van der Waals surface area (Å²) in [6.07, 6.45) is 9.34. The third kappa shape index (κ3) is 4.11. The molecule has 6 heteroatoms. The Bertz CT molecular complexity index is 1050. The van der Waals surface area contributed by atoms with Crippen molar-refractivity contribution in [2.45, 2.75) is 26.7 Å². The van der Waals surface area contributed by atoms with E-state index in [0.717, 1.165) is 53.0 Å². The molecule has 3 aromatic heterocycles. The topological polar surface area (TPSA) is 75.7 Å². The van der Waals surface area contributed by atoms with Crippen LogP contribution in [0.5, 0.6) is 5.75 Å². The number of ether oxygens (including phenoxy) is 1. The number of nitrogens with zero attached hydrogens (tertiary/aromatic N) is 3. The summed E-state index contributed by atoms with van der Waals surface area (Å²) in [5, 5.41) is 4.36. The Morgan fingerprint density at radius 3 is 2.57 bits per heavy atom. The first kappa shape index (κ1) is 18.0. The van der Waals surface area contributed by atoms with Crippen LogP contribution in [-0.4, -0.2) is 26.5 Å². The predicted octanol–water partition coefficient (Wildman–Crippen LogP) is 4.78. The van der Waals surface area contributed by atoms with Gasteiger partial charge in [-0.3, -0.25) is 0 Å². The first-order valence-corrected chi connectivity index (χ1v) is 9.44. The lowest BCUT2D eigenvalue weighted by atomic mass is 10.1. The van der Waals surface area contributed by atoms with Crippen molar-refractivity contribution in [3.8, 4) is 5.75 Å². The average molecular weight is 373 g/mol. The molecule has 0 amide bonds. The van der Waals surface area contributed by atoms with Gasteiger partial charge >= 0.3 is 0 Å². The molecule has 0 unspecified atom stereocenters.